The van der Waals surface area contributed by atoms with Gasteiger partial charge in [-0.3, -0.25) is 0 Å². The van der Waals surface area contributed by atoms with Crippen LogP contribution >= 0.6 is 0 Å². The Labute approximate surface area is 315 Å². The first kappa shape index (κ1) is 31.6. The number of nitrogens with zero attached hydrogens (tertiary/aromatic N) is 2. The molecule has 0 fully saturated rings. The summed E-state index contributed by atoms with van der Waals surface area (Å²) in [6, 6.07) is 78.9. The van der Waals surface area contributed by atoms with Gasteiger partial charge in [-0.05, 0) is 93.2 Å². The highest BCUT2D eigenvalue weighted by molar-refractivity contribution is 6.23. The number of aromatic nitrogens is 1. The molecule has 0 saturated carbocycles. The molecular formula is C52H36N2. The highest BCUT2D eigenvalue weighted by atomic mass is 15.1. The number of hydrogen-bond donors (Lipinski definition) is 0. The lowest BCUT2D eigenvalue weighted by molar-refractivity contribution is 1.18. The normalized spacial score (nSPS) is 11.3. The molecule has 0 aliphatic carbocycles. The van der Waals surface area contributed by atoms with Crippen LogP contribution in [0.5, 0.6) is 0 Å². The zero-order valence-electron chi connectivity index (χ0n) is 29.7. The number of rotatable bonds is 7. The monoisotopic (exact) mass is 688 g/mol. The van der Waals surface area contributed by atoms with E-state index in [9.17, 15) is 0 Å². The fourth-order valence-corrected chi connectivity index (χ4v) is 8.16. The second-order valence-corrected chi connectivity index (χ2v) is 13.7. The quantitative estimate of drug-likeness (QED) is 0.162. The summed E-state index contributed by atoms with van der Waals surface area (Å²) in [5.74, 6) is 0. The molecule has 0 radical (unpaired) electrons. The lowest BCUT2D eigenvalue weighted by Crippen LogP contribution is -2.11. The van der Waals surface area contributed by atoms with Gasteiger partial charge < -0.3 is 9.47 Å². The third-order valence-corrected chi connectivity index (χ3v) is 10.5. The predicted octanol–water partition coefficient (Wildman–Crippen LogP) is 14.4. The summed E-state index contributed by atoms with van der Waals surface area (Å²) in [6.07, 6.45) is 0. The Morgan fingerprint density at radius 1 is 0.352 bits per heavy atom. The largest absolute Gasteiger partial charge is 0.310 e. The van der Waals surface area contributed by atoms with Gasteiger partial charge in [-0.25, -0.2) is 0 Å². The maximum atomic E-state index is 2.42. The van der Waals surface area contributed by atoms with E-state index < -0.39 is 0 Å². The molecule has 10 rings (SSSR count). The number of anilines is 3. The fraction of sp³-hybridized carbons (Fsp3) is 0. The molecule has 0 bridgehead atoms. The van der Waals surface area contributed by atoms with Gasteiger partial charge in [-0.15, -0.1) is 0 Å². The van der Waals surface area contributed by atoms with Crippen molar-refractivity contribution in [3.8, 4) is 39.1 Å². The van der Waals surface area contributed by atoms with E-state index in [1.165, 1.54) is 66.0 Å². The van der Waals surface area contributed by atoms with Crippen molar-refractivity contribution in [2.24, 2.45) is 0 Å². The fourth-order valence-electron chi connectivity index (χ4n) is 8.16. The molecule has 2 heteroatoms. The minimum atomic E-state index is 1.09. The maximum Gasteiger partial charge on any atom is 0.0553 e. The molecule has 54 heavy (non-hydrogen) atoms. The lowest BCUT2D eigenvalue weighted by atomic mass is 9.92. The lowest BCUT2D eigenvalue weighted by Gasteiger charge is -2.29. The van der Waals surface area contributed by atoms with E-state index in [-0.39, 0.29) is 0 Å². The molecule has 0 amide bonds. The first-order valence-electron chi connectivity index (χ1n) is 18.5. The molecule has 0 N–H and O–H groups in total. The highest BCUT2D eigenvalue weighted by Crippen LogP contribution is 2.46. The standard InChI is InChI=1S/C52H36N2/c1-4-18-37(19-5-1)39-23-16-27-43(34-39)53(48-32-14-12-29-45(48)38-20-6-2-7-21-38)44-28-17-24-41(35-44)51-46-30-11-10-22-40(46)36-50-52(51)47-31-13-15-33-49(47)54(50)42-25-8-3-9-26-42/h1-36H. The van der Waals surface area contributed by atoms with Gasteiger partial charge in [-0.1, -0.05) is 164 Å². The summed E-state index contributed by atoms with van der Waals surface area (Å²) in [5.41, 5.74) is 14.0. The van der Waals surface area contributed by atoms with Crippen LogP contribution in [0.1, 0.15) is 0 Å². The number of fused-ring (bicyclic) bond motifs is 4. The molecule has 254 valence electrons. The summed E-state index contributed by atoms with van der Waals surface area (Å²) >= 11 is 0. The first-order valence-corrected chi connectivity index (χ1v) is 18.5. The Balaban J connectivity index is 1.25. The second kappa shape index (κ2) is 13.4. The maximum absolute atomic E-state index is 2.42. The minimum absolute atomic E-state index is 1.09. The van der Waals surface area contributed by atoms with E-state index >= 15 is 0 Å². The Kier molecular flexibility index (Phi) is 7.85. The molecule has 10 aromatic rings. The Morgan fingerprint density at radius 2 is 0.907 bits per heavy atom. The van der Waals surface area contributed by atoms with Crippen molar-refractivity contribution in [1.82, 2.24) is 4.57 Å². The van der Waals surface area contributed by atoms with Crippen molar-refractivity contribution in [3.05, 3.63) is 218 Å². The second-order valence-electron chi connectivity index (χ2n) is 13.7. The molecule has 0 aliphatic heterocycles. The third kappa shape index (κ3) is 5.44. The molecule has 1 heterocycles. The van der Waals surface area contributed by atoms with Crippen molar-refractivity contribution in [1.29, 1.82) is 0 Å². The molecule has 0 unspecified atom stereocenters. The van der Waals surface area contributed by atoms with Crippen LogP contribution in [0.25, 0.3) is 71.6 Å². The zero-order chi connectivity index (χ0) is 35.8. The summed E-state index contributed by atoms with van der Waals surface area (Å²) in [5, 5.41) is 4.95. The first-order chi connectivity index (χ1) is 26.8. The van der Waals surface area contributed by atoms with Gasteiger partial charge in [0.05, 0.1) is 16.7 Å². The van der Waals surface area contributed by atoms with E-state index in [4.69, 9.17) is 0 Å². The SMILES string of the molecule is c1ccc(-c2cccc(N(c3cccc(-c4c5ccccc5cc5c4c4ccccc4n5-c4ccccc4)c3)c3ccccc3-c3ccccc3)c2)cc1. The van der Waals surface area contributed by atoms with Crippen LogP contribution in [0.4, 0.5) is 17.1 Å². The van der Waals surface area contributed by atoms with Gasteiger partial charge in [0, 0.05) is 33.4 Å². The van der Waals surface area contributed by atoms with Crippen LogP contribution in [-0.4, -0.2) is 4.57 Å². The summed E-state index contributed by atoms with van der Waals surface area (Å²) in [7, 11) is 0. The molecule has 1 aromatic heterocycles. The van der Waals surface area contributed by atoms with Gasteiger partial charge in [0.15, 0.2) is 0 Å². The van der Waals surface area contributed by atoms with Crippen molar-refractivity contribution in [3.63, 3.8) is 0 Å². The molecule has 0 spiro atoms. The number of para-hydroxylation sites is 3. The summed E-state index contributed by atoms with van der Waals surface area (Å²) in [6.45, 7) is 0. The zero-order valence-corrected chi connectivity index (χ0v) is 29.7. The molecule has 0 atom stereocenters. The van der Waals surface area contributed by atoms with E-state index in [0.29, 0.717) is 0 Å². The van der Waals surface area contributed by atoms with E-state index in [1.807, 2.05) is 0 Å². The third-order valence-electron chi connectivity index (χ3n) is 10.5. The van der Waals surface area contributed by atoms with Crippen molar-refractivity contribution >= 4 is 49.6 Å². The predicted molar refractivity (Wildman–Crippen MR) is 229 cm³/mol. The Hall–Kier alpha value is -7.16. The van der Waals surface area contributed by atoms with Crippen LogP contribution in [0.3, 0.4) is 0 Å². The topological polar surface area (TPSA) is 8.17 Å². The molecule has 0 aliphatic rings. The van der Waals surface area contributed by atoms with Crippen LogP contribution in [0, 0.1) is 0 Å². The van der Waals surface area contributed by atoms with Crippen molar-refractivity contribution in [2.45, 2.75) is 0 Å². The van der Waals surface area contributed by atoms with Gasteiger partial charge in [-0.2, -0.15) is 0 Å². The van der Waals surface area contributed by atoms with Gasteiger partial charge >= 0.3 is 0 Å². The van der Waals surface area contributed by atoms with Gasteiger partial charge in [0.1, 0.15) is 0 Å². The molecule has 9 aromatic carbocycles. The van der Waals surface area contributed by atoms with Gasteiger partial charge in [0.25, 0.3) is 0 Å². The van der Waals surface area contributed by atoms with E-state index in [2.05, 4.69) is 228 Å². The van der Waals surface area contributed by atoms with Crippen molar-refractivity contribution < 1.29 is 0 Å². The summed E-state index contributed by atoms with van der Waals surface area (Å²) < 4.78 is 2.42. The molecule has 0 saturated heterocycles. The van der Waals surface area contributed by atoms with Crippen LogP contribution in [-0.2, 0) is 0 Å². The summed E-state index contributed by atoms with van der Waals surface area (Å²) in [4.78, 5) is 2.42. The van der Waals surface area contributed by atoms with E-state index in [1.54, 1.807) is 0 Å². The van der Waals surface area contributed by atoms with E-state index in [0.717, 1.165) is 22.7 Å². The van der Waals surface area contributed by atoms with Crippen LogP contribution < -0.4 is 4.90 Å². The molecule has 2 nitrogen and oxygen atoms in total. The number of hydrogen-bond acceptors (Lipinski definition) is 1. The van der Waals surface area contributed by atoms with Crippen molar-refractivity contribution in [2.75, 3.05) is 4.90 Å². The average molecular weight is 689 g/mol. The van der Waals surface area contributed by atoms with Crippen LogP contribution in [0.15, 0.2) is 218 Å². The van der Waals surface area contributed by atoms with Crippen LogP contribution in [0.2, 0.25) is 0 Å². The van der Waals surface area contributed by atoms with Gasteiger partial charge in [0.2, 0.25) is 0 Å². The number of benzene rings is 9. The Bertz CT molecular complexity index is 2930. The molecular weight excluding hydrogens is 653 g/mol. The Morgan fingerprint density at radius 3 is 1.67 bits per heavy atom. The minimum Gasteiger partial charge on any atom is -0.310 e. The smallest absolute Gasteiger partial charge is 0.0553 e. The highest BCUT2D eigenvalue weighted by Gasteiger charge is 2.22. The average Bonchev–Trinajstić information content (AvgIpc) is 3.58.